The molecule has 0 unspecified atom stereocenters. The zero-order valence-electron chi connectivity index (χ0n) is 13.3. The molecule has 126 valence electrons. The summed E-state index contributed by atoms with van der Waals surface area (Å²) >= 11 is 3.39. The van der Waals surface area contributed by atoms with Crippen molar-refractivity contribution < 1.29 is 14.7 Å². The van der Waals surface area contributed by atoms with Crippen LogP contribution in [-0.2, 0) is 9.59 Å². The quantitative estimate of drug-likeness (QED) is 0.566. The maximum absolute atomic E-state index is 12.2. The molecular weight excluding hydrogens is 384 g/mol. The number of aromatic hydroxyl groups is 1. The van der Waals surface area contributed by atoms with Crippen molar-refractivity contribution in [3.8, 4) is 5.75 Å². The van der Waals surface area contributed by atoms with Gasteiger partial charge in [-0.05, 0) is 42.8 Å². The van der Waals surface area contributed by atoms with Crippen LogP contribution in [0.2, 0.25) is 0 Å². The highest BCUT2D eigenvalue weighted by atomic mass is 79.9. The molecule has 6 heteroatoms. The lowest BCUT2D eigenvalue weighted by molar-refractivity contribution is -0.132. The average Bonchev–Trinajstić information content (AvgIpc) is 2.59. The van der Waals surface area contributed by atoms with Gasteiger partial charge in [-0.3, -0.25) is 9.59 Å². The Balaban J connectivity index is 1.79. The summed E-state index contributed by atoms with van der Waals surface area (Å²) < 4.78 is 0.922. The van der Waals surface area contributed by atoms with Gasteiger partial charge in [0.25, 0.3) is 0 Å². The summed E-state index contributed by atoms with van der Waals surface area (Å²) in [6.07, 6.45) is 0. The highest BCUT2D eigenvalue weighted by Crippen LogP contribution is 2.29. The Hall–Kier alpha value is -2.86. The third kappa shape index (κ3) is 3.64. The first kappa shape index (κ1) is 17.0. The lowest BCUT2D eigenvalue weighted by atomic mass is 10.1. The topological polar surface area (TPSA) is 78.4 Å². The Morgan fingerprint density at radius 2 is 1.60 bits per heavy atom. The first-order valence-electron chi connectivity index (χ1n) is 7.55. The highest BCUT2D eigenvalue weighted by molar-refractivity contribution is 9.10. The van der Waals surface area contributed by atoms with Gasteiger partial charge in [0.1, 0.15) is 5.75 Å². The van der Waals surface area contributed by atoms with E-state index in [2.05, 4.69) is 26.6 Å². The molecule has 0 saturated heterocycles. The van der Waals surface area contributed by atoms with E-state index in [4.69, 9.17) is 0 Å². The lowest BCUT2D eigenvalue weighted by Gasteiger charge is -2.10. The molecule has 0 heterocycles. The van der Waals surface area contributed by atoms with Crippen molar-refractivity contribution >= 4 is 49.9 Å². The number of phenolic OH excluding ortho intramolecular Hbond substituents is 1. The predicted octanol–water partition coefficient (Wildman–Crippen LogP) is 4.19. The van der Waals surface area contributed by atoms with Crippen molar-refractivity contribution in [2.45, 2.75) is 6.92 Å². The van der Waals surface area contributed by atoms with E-state index >= 15 is 0 Å². The molecule has 0 aliphatic rings. The zero-order valence-corrected chi connectivity index (χ0v) is 14.9. The third-order valence-corrected chi connectivity index (χ3v) is 4.66. The molecule has 0 saturated carbocycles. The number of fused-ring (bicyclic) bond motifs is 1. The van der Waals surface area contributed by atoms with Gasteiger partial charge < -0.3 is 15.7 Å². The van der Waals surface area contributed by atoms with Crippen LogP contribution < -0.4 is 10.6 Å². The number of amides is 2. The van der Waals surface area contributed by atoms with Gasteiger partial charge in [0.15, 0.2) is 0 Å². The smallest absolute Gasteiger partial charge is 0.314 e. The Labute approximate surface area is 152 Å². The molecule has 3 rings (SSSR count). The fraction of sp³-hybridized carbons (Fsp3) is 0.0526. The van der Waals surface area contributed by atoms with Gasteiger partial charge in [-0.2, -0.15) is 0 Å². The summed E-state index contributed by atoms with van der Waals surface area (Å²) in [5.41, 5.74) is 1.94. The van der Waals surface area contributed by atoms with E-state index in [-0.39, 0.29) is 5.75 Å². The fourth-order valence-corrected chi connectivity index (χ4v) is 2.74. The molecule has 0 bridgehead atoms. The molecule has 0 aliphatic heterocycles. The molecule has 0 atom stereocenters. The Kier molecular flexibility index (Phi) is 4.72. The minimum absolute atomic E-state index is 0.114. The predicted molar refractivity (Wildman–Crippen MR) is 102 cm³/mol. The SMILES string of the molecule is Cc1cc(NC(=O)C(=O)Nc2cccc3c(O)cccc23)ccc1Br. The van der Waals surface area contributed by atoms with Crippen molar-refractivity contribution in [1.29, 1.82) is 0 Å². The maximum Gasteiger partial charge on any atom is 0.314 e. The summed E-state index contributed by atoms with van der Waals surface area (Å²) in [6, 6.07) is 15.4. The molecule has 5 nitrogen and oxygen atoms in total. The van der Waals surface area contributed by atoms with Crippen LogP contribution in [0.5, 0.6) is 5.75 Å². The van der Waals surface area contributed by atoms with Crippen LogP contribution in [0.3, 0.4) is 0 Å². The third-order valence-electron chi connectivity index (χ3n) is 3.77. The minimum Gasteiger partial charge on any atom is -0.507 e. The Morgan fingerprint density at radius 1 is 0.920 bits per heavy atom. The van der Waals surface area contributed by atoms with Crippen LogP contribution in [0.1, 0.15) is 5.56 Å². The second-order valence-corrected chi connectivity index (χ2v) is 6.40. The van der Waals surface area contributed by atoms with Crippen LogP contribution in [0.15, 0.2) is 59.1 Å². The summed E-state index contributed by atoms with van der Waals surface area (Å²) in [5.74, 6) is -1.43. The number of aryl methyl sites for hydroxylation is 1. The zero-order chi connectivity index (χ0) is 18.0. The second-order valence-electron chi connectivity index (χ2n) is 5.55. The van der Waals surface area contributed by atoms with E-state index in [1.807, 2.05) is 6.92 Å². The molecule has 3 aromatic carbocycles. The molecular formula is C19H15BrN2O3. The minimum atomic E-state index is -0.781. The monoisotopic (exact) mass is 398 g/mol. The first-order chi connectivity index (χ1) is 12.0. The van der Waals surface area contributed by atoms with Crippen LogP contribution in [-0.4, -0.2) is 16.9 Å². The van der Waals surface area contributed by atoms with Gasteiger partial charge in [0.05, 0.1) is 0 Å². The number of rotatable bonds is 2. The summed E-state index contributed by atoms with van der Waals surface area (Å²) in [6.45, 7) is 1.89. The van der Waals surface area contributed by atoms with Gasteiger partial charge in [0, 0.05) is 26.6 Å². The molecule has 3 N–H and O–H groups in total. The van der Waals surface area contributed by atoms with Crippen LogP contribution in [0.4, 0.5) is 11.4 Å². The molecule has 0 fully saturated rings. The number of carbonyl (C=O) groups is 2. The Bertz CT molecular complexity index is 986. The molecule has 0 spiro atoms. The largest absolute Gasteiger partial charge is 0.507 e. The number of anilines is 2. The number of phenols is 1. The molecule has 0 radical (unpaired) electrons. The van der Waals surface area contributed by atoms with Gasteiger partial charge in [0.2, 0.25) is 0 Å². The van der Waals surface area contributed by atoms with Crippen molar-refractivity contribution in [3.63, 3.8) is 0 Å². The van der Waals surface area contributed by atoms with Crippen molar-refractivity contribution in [3.05, 3.63) is 64.6 Å². The van der Waals surface area contributed by atoms with E-state index in [1.165, 1.54) is 0 Å². The van der Waals surface area contributed by atoms with Gasteiger partial charge in [-0.25, -0.2) is 0 Å². The standard InChI is InChI=1S/C19H15BrN2O3/c1-11-10-12(8-9-15(11)20)21-18(24)19(25)22-16-6-2-5-14-13(16)4-3-7-17(14)23/h2-10,23H,1H3,(H,21,24)(H,22,25). The number of benzene rings is 3. The number of hydrogen-bond acceptors (Lipinski definition) is 3. The van der Waals surface area contributed by atoms with E-state index in [0.717, 1.165) is 10.0 Å². The van der Waals surface area contributed by atoms with E-state index in [1.54, 1.807) is 54.6 Å². The van der Waals surface area contributed by atoms with Crippen LogP contribution in [0, 0.1) is 6.92 Å². The number of nitrogens with one attached hydrogen (secondary N) is 2. The van der Waals surface area contributed by atoms with Crippen molar-refractivity contribution in [2.75, 3.05) is 10.6 Å². The number of carbonyl (C=O) groups excluding carboxylic acids is 2. The summed E-state index contributed by atoms with van der Waals surface area (Å²) in [4.78, 5) is 24.3. The fourth-order valence-electron chi connectivity index (χ4n) is 2.49. The molecule has 3 aromatic rings. The molecule has 0 aliphatic carbocycles. The van der Waals surface area contributed by atoms with Crippen molar-refractivity contribution in [1.82, 2.24) is 0 Å². The number of hydrogen-bond donors (Lipinski definition) is 3. The van der Waals surface area contributed by atoms with Gasteiger partial charge in [-0.1, -0.05) is 40.2 Å². The lowest BCUT2D eigenvalue weighted by Crippen LogP contribution is -2.29. The second kappa shape index (κ2) is 6.94. The molecule has 25 heavy (non-hydrogen) atoms. The van der Waals surface area contributed by atoms with Crippen molar-refractivity contribution in [2.24, 2.45) is 0 Å². The van der Waals surface area contributed by atoms with E-state index < -0.39 is 11.8 Å². The molecule has 2 amide bonds. The van der Waals surface area contributed by atoms with E-state index in [0.29, 0.717) is 22.1 Å². The normalized spacial score (nSPS) is 10.5. The highest BCUT2D eigenvalue weighted by Gasteiger charge is 2.16. The summed E-state index contributed by atoms with van der Waals surface area (Å²) in [5, 5.41) is 16.3. The van der Waals surface area contributed by atoms with Gasteiger partial charge >= 0.3 is 11.8 Å². The van der Waals surface area contributed by atoms with Gasteiger partial charge in [-0.15, -0.1) is 0 Å². The molecule has 0 aromatic heterocycles. The van der Waals surface area contributed by atoms with Crippen LogP contribution >= 0.6 is 15.9 Å². The first-order valence-corrected chi connectivity index (χ1v) is 8.34. The van der Waals surface area contributed by atoms with Crippen LogP contribution in [0.25, 0.3) is 10.8 Å². The average molecular weight is 399 g/mol. The number of halogens is 1. The Morgan fingerprint density at radius 3 is 2.36 bits per heavy atom. The van der Waals surface area contributed by atoms with E-state index in [9.17, 15) is 14.7 Å². The maximum atomic E-state index is 12.2. The summed E-state index contributed by atoms with van der Waals surface area (Å²) in [7, 11) is 0.